The molecule has 0 radical (unpaired) electrons. The molecular formula is C14H18N4. The molecule has 0 aliphatic heterocycles. The lowest BCUT2D eigenvalue weighted by Crippen LogP contribution is -2.37. The first kappa shape index (κ1) is 12.4. The third-order valence-electron chi connectivity index (χ3n) is 2.98. The molecule has 0 amide bonds. The normalized spacial score (nSPS) is 11.1. The van der Waals surface area contributed by atoms with E-state index in [4.69, 9.17) is 22.9 Å². The average molecular weight is 242 g/mol. The Hall–Kier alpha value is -2.04. The van der Waals surface area contributed by atoms with Gasteiger partial charge in [0.1, 0.15) is 0 Å². The summed E-state index contributed by atoms with van der Waals surface area (Å²) in [6.07, 6.45) is -0.475. The average Bonchev–Trinajstić information content (AvgIpc) is 2.34. The second kappa shape index (κ2) is 5.08. The third-order valence-corrected chi connectivity index (χ3v) is 2.98. The molecule has 2 rings (SSSR count). The van der Waals surface area contributed by atoms with E-state index in [9.17, 15) is 0 Å². The molecule has 0 bridgehead atoms. The molecule has 0 heterocycles. The first-order valence-corrected chi connectivity index (χ1v) is 5.80. The largest absolute Gasteiger partial charge is 0.399 e. The number of hydrogen-bond acceptors (Lipinski definition) is 4. The van der Waals surface area contributed by atoms with Crippen molar-refractivity contribution in [3.63, 3.8) is 0 Å². The molecule has 0 saturated heterocycles. The van der Waals surface area contributed by atoms with Gasteiger partial charge in [0.15, 0.2) is 0 Å². The van der Waals surface area contributed by atoms with Gasteiger partial charge in [-0.25, -0.2) is 0 Å². The second-order valence-corrected chi connectivity index (χ2v) is 4.39. The Morgan fingerprint density at radius 1 is 0.611 bits per heavy atom. The van der Waals surface area contributed by atoms with E-state index in [1.807, 2.05) is 48.5 Å². The highest BCUT2D eigenvalue weighted by Crippen LogP contribution is 2.26. The first-order valence-electron chi connectivity index (χ1n) is 5.80. The summed E-state index contributed by atoms with van der Waals surface area (Å²) in [6.45, 7) is 0. The summed E-state index contributed by atoms with van der Waals surface area (Å²) in [5.41, 5.74) is 26.7. The molecule has 94 valence electrons. The first-order chi connectivity index (χ1) is 8.58. The van der Waals surface area contributed by atoms with Crippen molar-refractivity contribution in [3.05, 3.63) is 59.7 Å². The molecule has 0 atom stereocenters. The van der Waals surface area contributed by atoms with Crippen molar-refractivity contribution in [3.8, 4) is 0 Å². The maximum absolute atomic E-state index is 5.89. The number of benzene rings is 2. The minimum atomic E-state index is -0.475. The van der Waals surface area contributed by atoms with Gasteiger partial charge in [0.25, 0.3) is 0 Å². The van der Waals surface area contributed by atoms with Crippen LogP contribution >= 0.6 is 0 Å². The van der Waals surface area contributed by atoms with Gasteiger partial charge in [-0.1, -0.05) is 24.3 Å². The lowest BCUT2D eigenvalue weighted by atomic mass is 9.89. The van der Waals surface area contributed by atoms with Crippen molar-refractivity contribution in [2.45, 2.75) is 12.1 Å². The van der Waals surface area contributed by atoms with Crippen LogP contribution in [0.25, 0.3) is 0 Å². The van der Waals surface area contributed by atoms with E-state index < -0.39 is 6.17 Å². The van der Waals surface area contributed by atoms with Crippen LogP contribution in [-0.4, -0.2) is 6.17 Å². The standard InChI is InChI=1S/C14H18N4/c15-11-5-1-9(2-6-11)13(14(17)18)10-3-7-12(16)8-4-10/h1-8,13-14H,15-18H2. The van der Waals surface area contributed by atoms with E-state index in [1.54, 1.807) is 0 Å². The van der Waals surface area contributed by atoms with E-state index in [0.29, 0.717) is 0 Å². The van der Waals surface area contributed by atoms with Gasteiger partial charge in [0, 0.05) is 17.3 Å². The Bertz CT molecular complexity index is 457. The van der Waals surface area contributed by atoms with Crippen LogP contribution in [0.5, 0.6) is 0 Å². The van der Waals surface area contributed by atoms with Crippen molar-refractivity contribution < 1.29 is 0 Å². The van der Waals surface area contributed by atoms with Crippen LogP contribution in [0.3, 0.4) is 0 Å². The summed E-state index contributed by atoms with van der Waals surface area (Å²) in [5.74, 6) is -0.0637. The summed E-state index contributed by atoms with van der Waals surface area (Å²) in [7, 11) is 0. The third kappa shape index (κ3) is 2.61. The van der Waals surface area contributed by atoms with Gasteiger partial charge in [-0.05, 0) is 35.4 Å². The van der Waals surface area contributed by atoms with Gasteiger partial charge in [0.2, 0.25) is 0 Å². The molecule has 0 saturated carbocycles. The van der Waals surface area contributed by atoms with Gasteiger partial charge >= 0.3 is 0 Å². The van der Waals surface area contributed by atoms with Crippen LogP contribution in [0, 0.1) is 0 Å². The van der Waals surface area contributed by atoms with E-state index in [-0.39, 0.29) is 5.92 Å². The van der Waals surface area contributed by atoms with E-state index >= 15 is 0 Å². The Morgan fingerprint density at radius 3 is 1.22 bits per heavy atom. The number of hydrogen-bond donors (Lipinski definition) is 4. The smallest absolute Gasteiger partial charge is 0.0633 e. The fourth-order valence-electron chi connectivity index (χ4n) is 2.04. The van der Waals surface area contributed by atoms with Crippen molar-refractivity contribution in [2.75, 3.05) is 11.5 Å². The Morgan fingerprint density at radius 2 is 0.944 bits per heavy atom. The minimum Gasteiger partial charge on any atom is -0.399 e. The molecule has 2 aromatic carbocycles. The van der Waals surface area contributed by atoms with Crippen molar-refractivity contribution in [2.24, 2.45) is 11.5 Å². The molecular weight excluding hydrogens is 224 g/mol. The van der Waals surface area contributed by atoms with E-state index in [1.165, 1.54) is 0 Å². The molecule has 18 heavy (non-hydrogen) atoms. The number of rotatable bonds is 3. The van der Waals surface area contributed by atoms with Crippen molar-refractivity contribution in [1.82, 2.24) is 0 Å². The fraction of sp³-hybridized carbons (Fsp3) is 0.143. The van der Waals surface area contributed by atoms with Crippen molar-refractivity contribution >= 4 is 11.4 Å². The topological polar surface area (TPSA) is 104 Å². The van der Waals surface area contributed by atoms with Crippen LogP contribution in [0.15, 0.2) is 48.5 Å². The van der Waals surface area contributed by atoms with Gasteiger partial charge in [-0.2, -0.15) is 0 Å². The quantitative estimate of drug-likeness (QED) is 0.480. The van der Waals surface area contributed by atoms with Crippen LogP contribution < -0.4 is 22.9 Å². The molecule has 0 aromatic heterocycles. The minimum absolute atomic E-state index is 0.0637. The van der Waals surface area contributed by atoms with Gasteiger partial charge in [-0.15, -0.1) is 0 Å². The molecule has 0 fully saturated rings. The molecule has 0 spiro atoms. The number of nitrogen functional groups attached to an aromatic ring is 2. The molecule has 2 aromatic rings. The molecule has 4 heteroatoms. The summed E-state index contributed by atoms with van der Waals surface area (Å²) in [4.78, 5) is 0. The maximum Gasteiger partial charge on any atom is 0.0633 e. The van der Waals surface area contributed by atoms with E-state index in [0.717, 1.165) is 22.5 Å². The van der Waals surface area contributed by atoms with Crippen molar-refractivity contribution in [1.29, 1.82) is 0 Å². The van der Waals surface area contributed by atoms with Gasteiger partial charge in [0.05, 0.1) is 6.17 Å². The monoisotopic (exact) mass is 242 g/mol. The lowest BCUT2D eigenvalue weighted by molar-refractivity contribution is 0.618. The molecule has 0 aliphatic carbocycles. The Labute approximate surface area is 107 Å². The molecule has 0 aliphatic rings. The number of nitrogens with two attached hydrogens (primary N) is 4. The number of anilines is 2. The fourth-order valence-corrected chi connectivity index (χ4v) is 2.04. The summed E-state index contributed by atoms with van der Waals surface area (Å²) in [6, 6.07) is 15.2. The predicted octanol–water partition coefficient (Wildman–Crippen LogP) is 1.23. The summed E-state index contributed by atoms with van der Waals surface area (Å²) < 4.78 is 0. The zero-order chi connectivity index (χ0) is 13.1. The van der Waals surface area contributed by atoms with Gasteiger partial charge in [-0.3, -0.25) is 0 Å². The zero-order valence-corrected chi connectivity index (χ0v) is 10.1. The van der Waals surface area contributed by atoms with E-state index in [2.05, 4.69) is 0 Å². The lowest BCUT2D eigenvalue weighted by Gasteiger charge is -2.22. The molecule has 8 N–H and O–H groups in total. The molecule has 4 nitrogen and oxygen atoms in total. The highest BCUT2D eigenvalue weighted by molar-refractivity contribution is 5.46. The highest BCUT2D eigenvalue weighted by Gasteiger charge is 2.18. The zero-order valence-electron chi connectivity index (χ0n) is 10.1. The predicted molar refractivity (Wildman–Crippen MR) is 75.7 cm³/mol. The summed E-state index contributed by atoms with van der Waals surface area (Å²) >= 11 is 0. The second-order valence-electron chi connectivity index (χ2n) is 4.39. The highest BCUT2D eigenvalue weighted by atomic mass is 14.9. The van der Waals surface area contributed by atoms with Crippen LogP contribution in [0.4, 0.5) is 11.4 Å². The Balaban J connectivity index is 2.39. The van der Waals surface area contributed by atoms with Gasteiger partial charge < -0.3 is 22.9 Å². The molecule has 0 unspecified atom stereocenters. The maximum atomic E-state index is 5.89. The van der Waals surface area contributed by atoms with Crippen LogP contribution in [0.2, 0.25) is 0 Å². The summed E-state index contributed by atoms with van der Waals surface area (Å²) in [5, 5.41) is 0. The van der Waals surface area contributed by atoms with Crippen LogP contribution in [-0.2, 0) is 0 Å². The van der Waals surface area contributed by atoms with Crippen LogP contribution in [0.1, 0.15) is 17.0 Å². The Kier molecular flexibility index (Phi) is 3.50. The SMILES string of the molecule is Nc1ccc(C(c2ccc(N)cc2)C(N)N)cc1.